The number of aromatic hydroxyl groups is 2. The summed E-state index contributed by atoms with van der Waals surface area (Å²) in [5.41, 5.74) is 2.15. The van der Waals surface area contributed by atoms with Crippen LogP contribution in [0.1, 0.15) is 83.3 Å². The van der Waals surface area contributed by atoms with Gasteiger partial charge in [-0.3, -0.25) is 4.79 Å². The number of carboxylic acids is 1. The Bertz CT molecular complexity index is 962. The largest absolute Gasteiger partial charge is 0.508 e. The molecule has 0 aliphatic heterocycles. The molecule has 0 heterocycles. The minimum Gasteiger partial charge on any atom is -0.508 e. The lowest BCUT2D eigenvalue weighted by atomic mass is 9.37. The fourth-order valence-corrected chi connectivity index (χ4v) is 8.47. The summed E-state index contributed by atoms with van der Waals surface area (Å²) in [6.45, 7) is 8.72. The van der Waals surface area contributed by atoms with Crippen molar-refractivity contribution in [2.45, 2.75) is 77.6 Å². The van der Waals surface area contributed by atoms with E-state index in [-0.39, 0.29) is 34.3 Å². The normalized spacial score (nSPS) is 41.6. The molecule has 5 aliphatic carbocycles. The maximum atomic E-state index is 12.3. The van der Waals surface area contributed by atoms with E-state index in [0.29, 0.717) is 11.7 Å². The number of phenolic OH excluding ortho intramolecular Hbond substituents is 2. The van der Waals surface area contributed by atoms with E-state index in [1.165, 1.54) is 5.57 Å². The van der Waals surface area contributed by atoms with Gasteiger partial charge in [-0.1, -0.05) is 38.8 Å². The molecule has 0 saturated heterocycles. The lowest BCUT2D eigenvalue weighted by Gasteiger charge is -2.66. The zero-order valence-corrected chi connectivity index (χ0v) is 18.5. The third-order valence-corrected chi connectivity index (χ3v) is 9.71. The first-order valence-electron chi connectivity index (χ1n) is 11.6. The first-order chi connectivity index (χ1) is 14.1. The average molecular weight is 411 g/mol. The quantitative estimate of drug-likeness (QED) is 0.430. The summed E-state index contributed by atoms with van der Waals surface area (Å²) in [7, 11) is 0. The summed E-state index contributed by atoms with van der Waals surface area (Å²) in [4.78, 5) is 12.3. The van der Waals surface area contributed by atoms with E-state index in [9.17, 15) is 20.1 Å². The Morgan fingerprint density at radius 1 is 1.07 bits per heavy atom. The molecule has 5 aliphatic rings. The summed E-state index contributed by atoms with van der Waals surface area (Å²) in [6, 6.07) is 3.27. The van der Waals surface area contributed by atoms with Crippen molar-refractivity contribution in [1.82, 2.24) is 0 Å². The predicted molar refractivity (Wildman–Crippen MR) is 116 cm³/mol. The summed E-state index contributed by atoms with van der Waals surface area (Å²) in [6.07, 6.45) is 7.79. The molecule has 1 aromatic rings. The van der Waals surface area contributed by atoms with Gasteiger partial charge in [0, 0.05) is 22.5 Å². The van der Waals surface area contributed by atoms with Crippen molar-refractivity contribution >= 4 is 5.97 Å². The van der Waals surface area contributed by atoms with Gasteiger partial charge in [0.25, 0.3) is 0 Å². The maximum absolute atomic E-state index is 12.3. The predicted octanol–water partition coefficient (Wildman–Crippen LogP) is 5.73. The monoisotopic (exact) mass is 410 g/mol. The van der Waals surface area contributed by atoms with Gasteiger partial charge in [0.05, 0.1) is 5.41 Å². The van der Waals surface area contributed by atoms with Crippen LogP contribution in [0.5, 0.6) is 11.5 Å². The summed E-state index contributed by atoms with van der Waals surface area (Å²) < 4.78 is 0. The molecule has 1 aromatic carbocycles. The second kappa shape index (κ2) is 6.05. The van der Waals surface area contributed by atoms with Gasteiger partial charge >= 0.3 is 5.97 Å². The molecule has 0 amide bonds. The minimum atomic E-state index is -0.681. The number of carboxylic acid groups (broad SMARTS) is 1. The third-order valence-electron chi connectivity index (χ3n) is 9.71. The van der Waals surface area contributed by atoms with E-state index in [1.807, 2.05) is 6.92 Å². The van der Waals surface area contributed by atoms with E-state index in [0.717, 1.165) is 49.7 Å². The first-order valence-corrected chi connectivity index (χ1v) is 11.6. The van der Waals surface area contributed by atoms with Crippen LogP contribution in [-0.2, 0) is 10.2 Å². The minimum absolute atomic E-state index is 0.0868. The van der Waals surface area contributed by atoms with Crippen molar-refractivity contribution in [3.8, 4) is 11.5 Å². The van der Waals surface area contributed by atoms with Crippen LogP contribution < -0.4 is 0 Å². The van der Waals surface area contributed by atoms with Crippen LogP contribution in [0.25, 0.3) is 0 Å². The van der Waals surface area contributed by atoms with Crippen molar-refractivity contribution < 1.29 is 20.1 Å². The molecule has 6 atom stereocenters. The van der Waals surface area contributed by atoms with Gasteiger partial charge in [-0.2, -0.15) is 0 Å². The van der Waals surface area contributed by atoms with Gasteiger partial charge in [-0.25, -0.2) is 0 Å². The highest BCUT2D eigenvalue weighted by molar-refractivity contribution is 5.75. The van der Waals surface area contributed by atoms with Crippen molar-refractivity contribution in [2.24, 2.45) is 28.6 Å². The number of rotatable bonds is 2. The Hall–Kier alpha value is -1.97. The molecular weight excluding hydrogens is 376 g/mol. The highest BCUT2D eigenvalue weighted by Crippen LogP contribution is 2.73. The summed E-state index contributed by atoms with van der Waals surface area (Å²) in [5, 5.41) is 32.0. The van der Waals surface area contributed by atoms with E-state index in [4.69, 9.17) is 0 Å². The van der Waals surface area contributed by atoms with E-state index in [2.05, 4.69) is 26.8 Å². The number of fused-ring (bicyclic) bond motifs is 1. The molecule has 0 radical (unpaired) electrons. The fourth-order valence-electron chi connectivity index (χ4n) is 8.47. The molecular formula is C26H34O4. The van der Waals surface area contributed by atoms with Gasteiger partial charge in [0.2, 0.25) is 0 Å². The Balaban J connectivity index is 1.74. The SMILES string of the molecule is CC(C)C1=C[C@]23CC[C@@H]4[C@](C)(CCC[C@@]4(C)C(=O)O)[C@@H]2C[C@@H]1c1c(O)ccc(O)c13. The number of benzene rings is 1. The van der Waals surface area contributed by atoms with Gasteiger partial charge in [-0.15, -0.1) is 0 Å². The topological polar surface area (TPSA) is 77.8 Å². The third kappa shape index (κ3) is 2.20. The fraction of sp³-hybridized carbons (Fsp3) is 0.654. The Labute approximate surface area is 179 Å². The standard InChI is InChI=1S/C26H34O4/c1-14(2)16-13-26-11-8-19-24(3,9-5-10-25(19,4)23(29)30)20(26)12-15(16)21-17(27)6-7-18(28)22(21)26/h6-7,13-15,19-20,27-28H,5,8-12H2,1-4H3,(H,29,30)/t15-,19+,20-,24-,25+,26+/m0/s1. The van der Waals surface area contributed by atoms with E-state index >= 15 is 0 Å². The zero-order chi connectivity index (χ0) is 21.6. The molecule has 6 rings (SSSR count). The maximum Gasteiger partial charge on any atom is 0.309 e. The van der Waals surface area contributed by atoms with Gasteiger partial charge in [-0.05, 0) is 74.3 Å². The smallest absolute Gasteiger partial charge is 0.309 e. The molecule has 4 nitrogen and oxygen atoms in total. The van der Waals surface area contributed by atoms with Crippen molar-refractivity contribution in [1.29, 1.82) is 0 Å². The van der Waals surface area contributed by atoms with Crippen LogP contribution >= 0.6 is 0 Å². The highest BCUT2D eigenvalue weighted by atomic mass is 16.4. The summed E-state index contributed by atoms with van der Waals surface area (Å²) >= 11 is 0. The molecule has 2 fully saturated rings. The van der Waals surface area contributed by atoms with Crippen molar-refractivity contribution in [3.05, 3.63) is 34.9 Å². The lowest BCUT2D eigenvalue weighted by molar-refractivity contribution is -0.171. The highest BCUT2D eigenvalue weighted by Gasteiger charge is 2.66. The Kier molecular flexibility index (Phi) is 4.02. The van der Waals surface area contributed by atoms with E-state index < -0.39 is 11.4 Å². The number of allylic oxidation sites excluding steroid dienone is 2. The van der Waals surface area contributed by atoms with Crippen LogP contribution in [0.3, 0.4) is 0 Å². The molecule has 0 aromatic heterocycles. The van der Waals surface area contributed by atoms with Crippen LogP contribution in [-0.4, -0.2) is 21.3 Å². The van der Waals surface area contributed by atoms with Gasteiger partial charge in [0.1, 0.15) is 11.5 Å². The van der Waals surface area contributed by atoms with E-state index in [1.54, 1.807) is 12.1 Å². The zero-order valence-electron chi connectivity index (χ0n) is 18.5. The number of aliphatic carboxylic acids is 1. The van der Waals surface area contributed by atoms with Crippen LogP contribution in [0, 0.1) is 28.6 Å². The Morgan fingerprint density at radius 2 is 1.77 bits per heavy atom. The van der Waals surface area contributed by atoms with Crippen LogP contribution in [0.2, 0.25) is 0 Å². The molecule has 0 unspecified atom stereocenters. The second-order valence-electron chi connectivity index (χ2n) is 11.2. The summed E-state index contributed by atoms with van der Waals surface area (Å²) in [5.74, 6) is 0.838. The molecule has 1 spiro atoms. The molecule has 3 N–H and O–H groups in total. The van der Waals surface area contributed by atoms with Gasteiger partial charge < -0.3 is 15.3 Å². The molecule has 162 valence electrons. The van der Waals surface area contributed by atoms with Crippen molar-refractivity contribution in [2.75, 3.05) is 0 Å². The van der Waals surface area contributed by atoms with Crippen LogP contribution in [0.15, 0.2) is 23.8 Å². The van der Waals surface area contributed by atoms with Crippen molar-refractivity contribution in [3.63, 3.8) is 0 Å². The lowest BCUT2D eigenvalue weighted by Crippen LogP contribution is -2.61. The van der Waals surface area contributed by atoms with Crippen LogP contribution in [0.4, 0.5) is 0 Å². The first kappa shape index (κ1) is 20.0. The molecule has 2 bridgehead atoms. The molecule has 4 heteroatoms. The average Bonchev–Trinajstić information content (AvgIpc) is 2.69. The molecule has 2 saturated carbocycles. The Morgan fingerprint density at radius 3 is 2.43 bits per heavy atom. The number of carbonyl (C=O) groups is 1. The second-order valence-corrected chi connectivity index (χ2v) is 11.2. The number of hydrogen-bond acceptors (Lipinski definition) is 3. The van der Waals surface area contributed by atoms with Gasteiger partial charge in [0.15, 0.2) is 0 Å². The number of hydrogen-bond donors (Lipinski definition) is 3. The number of phenols is 2. The molecule has 30 heavy (non-hydrogen) atoms.